The Labute approximate surface area is 113 Å². The zero-order chi connectivity index (χ0) is 7.61. The molecular weight excluding hydrogens is 207 g/mol. The molecular formula is C6H5KO2S2. The van der Waals surface area contributed by atoms with Gasteiger partial charge in [0.1, 0.15) is 0 Å². The molecule has 0 aliphatic carbocycles. The third-order valence-corrected chi connectivity index (χ3v) is 2.46. The van der Waals surface area contributed by atoms with E-state index in [4.69, 9.17) is 0 Å². The third kappa shape index (κ3) is 4.09. The molecule has 0 saturated carbocycles. The summed E-state index contributed by atoms with van der Waals surface area (Å²) in [5, 5.41) is 0. The second-order valence-electron chi connectivity index (χ2n) is 1.77. The van der Waals surface area contributed by atoms with E-state index in [0.717, 1.165) is 0 Å². The Morgan fingerprint density at radius 3 is 2.00 bits per heavy atom. The molecule has 1 unspecified atom stereocenters. The van der Waals surface area contributed by atoms with Gasteiger partial charge in [0.15, 0.2) is 0 Å². The van der Waals surface area contributed by atoms with E-state index in [1.807, 2.05) is 0 Å². The molecule has 0 heterocycles. The van der Waals surface area contributed by atoms with Crippen LogP contribution in [0.3, 0.4) is 0 Å². The summed E-state index contributed by atoms with van der Waals surface area (Å²) < 4.78 is 21.3. The summed E-state index contributed by atoms with van der Waals surface area (Å²) >= 11 is 4.22. The van der Waals surface area contributed by atoms with Gasteiger partial charge in [-0.25, -0.2) is 0 Å². The normalized spacial score (nSPS) is 14.6. The van der Waals surface area contributed by atoms with Crippen LogP contribution in [0.2, 0.25) is 0 Å². The molecule has 0 aliphatic heterocycles. The molecule has 1 atom stereocenters. The fourth-order valence-electron chi connectivity index (χ4n) is 0.587. The van der Waals surface area contributed by atoms with Crippen molar-refractivity contribution in [3.05, 3.63) is 30.3 Å². The quantitative estimate of drug-likeness (QED) is 0.502. The second kappa shape index (κ2) is 5.03. The van der Waals surface area contributed by atoms with Crippen LogP contribution in [0.5, 0.6) is 0 Å². The molecule has 5 heteroatoms. The monoisotopic (exact) mass is 212 g/mol. The first-order chi connectivity index (χ1) is 4.61. The number of rotatable bonds is 1. The van der Waals surface area contributed by atoms with E-state index < -0.39 is 8.77 Å². The second-order valence-corrected chi connectivity index (χ2v) is 4.46. The van der Waals surface area contributed by atoms with Gasteiger partial charge >= 0.3 is 51.4 Å². The van der Waals surface area contributed by atoms with Crippen molar-refractivity contribution < 1.29 is 60.1 Å². The Hall–Kier alpha value is 1.19. The summed E-state index contributed by atoms with van der Waals surface area (Å²) in [6, 6.07) is 7.97. The summed E-state index contributed by atoms with van der Waals surface area (Å²) in [5.41, 5.74) is 0. The maximum absolute atomic E-state index is 10.6. The predicted molar refractivity (Wildman–Crippen MR) is 41.0 cm³/mol. The molecule has 11 heavy (non-hydrogen) atoms. The van der Waals surface area contributed by atoms with Crippen molar-refractivity contribution in [3.63, 3.8) is 0 Å². The van der Waals surface area contributed by atoms with Crippen molar-refractivity contribution in [2.75, 3.05) is 0 Å². The molecule has 1 aromatic carbocycles. The third-order valence-electron chi connectivity index (χ3n) is 1.03. The molecule has 0 spiro atoms. The van der Waals surface area contributed by atoms with Crippen LogP contribution in [-0.2, 0) is 20.0 Å². The smallest absolute Gasteiger partial charge is 0.766 e. The minimum Gasteiger partial charge on any atom is -0.766 e. The fourth-order valence-corrected chi connectivity index (χ4v) is 1.41. The van der Waals surface area contributed by atoms with Gasteiger partial charge in [-0.15, -0.1) is 0 Å². The van der Waals surface area contributed by atoms with Gasteiger partial charge in [-0.3, -0.25) is 4.21 Å². The van der Waals surface area contributed by atoms with E-state index in [-0.39, 0.29) is 56.3 Å². The van der Waals surface area contributed by atoms with Crippen LogP contribution in [0.1, 0.15) is 0 Å². The van der Waals surface area contributed by atoms with Gasteiger partial charge in [0.25, 0.3) is 0 Å². The number of benzene rings is 1. The molecule has 0 aliphatic rings. The zero-order valence-electron chi connectivity index (χ0n) is 6.02. The molecule has 0 aromatic heterocycles. The average molecular weight is 212 g/mol. The van der Waals surface area contributed by atoms with Crippen LogP contribution in [0.25, 0.3) is 0 Å². The molecule has 0 fully saturated rings. The SMILES string of the molecule is O=S([O-])(=S)c1ccccc1.[K+]. The van der Waals surface area contributed by atoms with Crippen molar-refractivity contribution in [2.24, 2.45) is 0 Å². The predicted octanol–water partition coefficient (Wildman–Crippen LogP) is -2.07. The summed E-state index contributed by atoms with van der Waals surface area (Å²) in [5.74, 6) is 0. The summed E-state index contributed by atoms with van der Waals surface area (Å²) in [6.45, 7) is 0. The van der Waals surface area contributed by atoms with Crippen LogP contribution >= 0.6 is 0 Å². The van der Waals surface area contributed by atoms with E-state index in [0.29, 0.717) is 0 Å². The van der Waals surface area contributed by atoms with Crippen LogP contribution in [0.15, 0.2) is 35.2 Å². The largest absolute Gasteiger partial charge is 1.00 e. The van der Waals surface area contributed by atoms with Gasteiger partial charge in [-0.2, -0.15) is 0 Å². The molecule has 0 radical (unpaired) electrons. The number of hydrogen-bond acceptors (Lipinski definition) is 3. The van der Waals surface area contributed by atoms with Gasteiger partial charge in [-0.05, 0) is 32.1 Å². The first-order valence-corrected chi connectivity index (χ1v) is 5.02. The minimum absolute atomic E-state index is 0. The summed E-state index contributed by atoms with van der Waals surface area (Å²) in [6.07, 6.45) is 0. The van der Waals surface area contributed by atoms with E-state index in [1.54, 1.807) is 18.2 Å². The Kier molecular flexibility index (Phi) is 5.58. The van der Waals surface area contributed by atoms with Crippen molar-refractivity contribution in [2.45, 2.75) is 4.90 Å². The Morgan fingerprint density at radius 1 is 1.27 bits per heavy atom. The van der Waals surface area contributed by atoms with Crippen LogP contribution < -0.4 is 51.4 Å². The van der Waals surface area contributed by atoms with E-state index in [9.17, 15) is 8.76 Å². The van der Waals surface area contributed by atoms with E-state index in [2.05, 4.69) is 11.2 Å². The van der Waals surface area contributed by atoms with Crippen LogP contribution in [-0.4, -0.2) is 8.76 Å². The van der Waals surface area contributed by atoms with Gasteiger partial charge in [0, 0.05) is 4.90 Å². The van der Waals surface area contributed by atoms with Gasteiger partial charge in [-0.1, -0.05) is 18.2 Å². The molecule has 0 N–H and O–H groups in total. The molecule has 2 nitrogen and oxygen atoms in total. The van der Waals surface area contributed by atoms with Crippen molar-refractivity contribution in [1.82, 2.24) is 0 Å². The minimum atomic E-state index is -3.42. The maximum Gasteiger partial charge on any atom is 1.00 e. The molecule has 54 valence electrons. The molecule has 0 bridgehead atoms. The zero-order valence-corrected chi connectivity index (χ0v) is 10.8. The average Bonchev–Trinajstić information content (AvgIpc) is 1.88. The van der Waals surface area contributed by atoms with Crippen molar-refractivity contribution >= 4 is 20.0 Å². The first-order valence-electron chi connectivity index (χ1n) is 2.61. The summed E-state index contributed by atoms with van der Waals surface area (Å²) in [7, 11) is -3.42. The molecule has 1 rings (SSSR count). The molecule has 0 amide bonds. The Bertz CT molecular complexity index is 307. The Balaban J connectivity index is 0.000001000. The molecule has 0 saturated heterocycles. The first kappa shape index (κ1) is 12.2. The van der Waals surface area contributed by atoms with E-state index in [1.165, 1.54) is 12.1 Å². The van der Waals surface area contributed by atoms with Gasteiger partial charge in [0.05, 0.1) is 0 Å². The Morgan fingerprint density at radius 2 is 1.73 bits per heavy atom. The fraction of sp³-hybridized carbons (Fsp3) is 0. The topological polar surface area (TPSA) is 40.1 Å². The summed E-state index contributed by atoms with van der Waals surface area (Å²) in [4.78, 5) is 0.185. The van der Waals surface area contributed by atoms with E-state index >= 15 is 0 Å². The standard InChI is InChI=1S/C6H6O2S2.K/c7-10(8,9)6-4-2-1-3-5-6;/h1-5H,(H,7,8,9);/q;+1/p-1. The van der Waals surface area contributed by atoms with Crippen LogP contribution in [0, 0.1) is 0 Å². The van der Waals surface area contributed by atoms with Gasteiger partial charge < -0.3 is 4.55 Å². The van der Waals surface area contributed by atoms with Gasteiger partial charge in [0.2, 0.25) is 0 Å². The maximum atomic E-state index is 10.6. The number of hydrogen-bond donors (Lipinski definition) is 0. The van der Waals surface area contributed by atoms with Crippen LogP contribution in [0.4, 0.5) is 0 Å². The van der Waals surface area contributed by atoms with Crippen molar-refractivity contribution in [3.8, 4) is 0 Å². The molecule has 1 aromatic rings. The van der Waals surface area contributed by atoms with Crippen molar-refractivity contribution in [1.29, 1.82) is 0 Å².